The van der Waals surface area contributed by atoms with Crippen LogP contribution < -0.4 is 15.5 Å². The van der Waals surface area contributed by atoms with Gasteiger partial charge in [-0.05, 0) is 48.9 Å². The second-order valence-electron chi connectivity index (χ2n) is 10.4. The van der Waals surface area contributed by atoms with Crippen molar-refractivity contribution in [3.63, 3.8) is 0 Å². The monoisotopic (exact) mass is 597 g/mol. The Labute approximate surface area is 254 Å². The van der Waals surface area contributed by atoms with Gasteiger partial charge in [0.25, 0.3) is 17.7 Å². The summed E-state index contributed by atoms with van der Waals surface area (Å²) in [6, 6.07) is 19.9. The number of hydrogen-bond donors (Lipinski definition) is 2. The lowest BCUT2D eigenvalue weighted by Gasteiger charge is -2.23. The maximum absolute atomic E-state index is 15.4. The zero-order valence-corrected chi connectivity index (χ0v) is 24.5. The van der Waals surface area contributed by atoms with Gasteiger partial charge in [-0.1, -0.05) is 44.2 Å². The first-order chi connectivity index (χ1) is 21.2. The number of hydrogen-bond acceptors (Lipinski definition) is 4. The first-order valence-electron chi connectivity index (χ1n) is 14.6. The number of imidazole rings is 1. The zero-order chi connectivity index (χ0) is 31.3. The molecule has 3 amide bonds. The van der Waals surface area contributed by atoms with Crippen molar-refractivity contribution in [2.75, 3.05) is 23.3 Å². The fourth-order valence-corrected chi connectivity index (χ4v) is 5.21. The number of fused-ring (bicyclic) bond motifs is 1. The van der Waals surface area contributed by atoms with Crippen LogP contribution in [0.1, 0.15) is 58.8 Å². The molecule has 44 heavy (non-hydrogen) atoms. The maximum Gasteiger partial charge on any atom is 0.275 e. The number of rotatable bonds is 8. The summed E-state index contributed by atoms with van der Waals surface area (Å²) in [5, 5.41) is 5.49. The van der Waals surface area contributed by atoms with Gasteiger partial charge in [0.2, 0.25) is 5.91 Å². The number of benzene rings is 3. The molecule has 0 atom stereocenters. The zero-order valence-electron chi connectivity index (χ0n) is 24.5. The topological polar surface area (TPSA) is 96.3 Å². The third-order valence-corrected chi connectivity index (χ3v) is 7.43. The number of allylic oxidation sites excluding steroid dienone is 1. The minimum atomic E-state index is -3.33. The second kappa shape index (κ2) is 13.0. The van der Waals surface area contributed by atoms with Crippen LogP contribution in [0.2, 0.25) is 0 Å². The number of anilines is 2. The fourth-order valence-electron chi connectivity index (χ4n) is 5.21. The number of nitrogens with zero attached hydrogens (tertiary/aromatic N) is 3. The average molecular weight is 598 g/mol. The molecule has 4 aromatic rings. The molecule has 226 valence electrons. The van der Waals surface area contributed by atoms with E-state index < -0.39 is 29.7 Å². The first-order valence-corrected chi connectivity index (χ1v) is 14.6. The van der Waals surface area contributed by atoms with Crippen LogP contribution in [-0.4, -0.2) is 46.3 Å². The minimum Gasteiger partial charge on any atom is -0.353 e. The summed E-state index contributed by atoms with van der Waals surface area (Å²) in [6.07, 6.45) is 5.16. The van der Waals surface area contributed by atoms with Crippen molar-refractivity contribution in [2.24, 2.45) is 0 Å². The Morgan fingerprint density at radius 3 is 2.39 bits per heavy atom. The van der Waals surface area contributed by atoms with Crippen LogP contribution in [0, 0.1) is 0 Å². The number of halogens is 2. The summed E-state index contributed by atoms with van der Waals surface area (Å²) < 4.78 is 32.6. The lowest BCUT2D eigenvalue weighted by molar-refractivity contribution is -0.116. The van der Waals surface area contributed by atoms with Gasteiger partial charge in [0, 0.05) is 66.8 Å². The van der Waals surface area contributed by atoms with Crippen molar-refractivity contribution in [1.29, 1.82) is 0 Å². The van der Waals surface area contributed by atoms with Crippen molar-refractivity contribution in [3.05, 3.63) is 114 Å². The Hall–Kier alpha value is -5.12. The van der Waals surface area contributed by atoms with E-state index in [1.54, 1.807) is 60.8 Å². The summed E-state index contributed by atoms with van der Waals surface area (Å²) in [7, 11) is 0. The van der Waals surface area contributed by atoms with E-state index in [1.807, 2.05) is 36.7 Å². The molecule has 0 unspecified atom stereocenters. The highest BCUT2D eigenvalue weighted by molar-refractivity contribution is 6.10. The van der Waals surface area contributed by atoms with Crippen molar-refractivity contribution < 1.29 is 23.2 Å². The maximum atomic E-state index is 15.4. The molecule has 1 aromatic heterocycles. The van der Waals surface area contributed by atoms with E-state index in [-0.39, 0.29) is 23.6 Å². The molecule has 2 N–H and O–H groups in total. The number of alkyl halides is 2. The molecule has 3 aromatic carbocycles. The summed E-state index contributed by atoms with van der Waals surface area (Å²) in [5.41, 5.74) is 1.88. The number of carbonyl (C=O) groups is 3. The molecule has 1 aliphatic rings. The standard InChI is InChI=1S/C34H33F2N5O3/c1-3-18-38-31(42)22-27-25-9-5-7-11-28(25)41(20-17-34(27,35)36)33(44)23-13-15-24(16-14-23)39-32(43)26-10-6-8-12-29(26)40-21-19-37-30(40)4-2/h5-16,19,21-22H,3-4,17-18,20H2,1-2H3,(H,38,42)(H,39,43)/b27-22-. The van der Waals surface area contributed by atoms with Gasteiger partial charge in [-0.2, -0.15) is 0 Å². The third kappa shape index (κ3) is 6.29. The number of amides is 3. The van der Waals surface area contributed by atoms with Crippen molar-refractivity contribution >= 4 is 34.7 Å². The van der Waals surface area contributed by atoms with Crippen molar-refractivity contribution in [1.82, 2.24) is 14.9 Å². The Morgan fingerprint density at radius 1 is 0.955 bits per heavy atom. The minimum absolute atomic E-state index is 0.127. The molecule has 0 spiro atoms. The van der Waals surface area contributed by atoms with Crippen LogP contribution >= 0.6 is 0 Å². The van der Waals surface area contributed by atoms with Gasteiger partial charge in [0.15, 0.2) is 0 Å². The molecule has 1 aliphatic heterocycles. The summed E-state index contributed by atoms with van der Waals surface area (Å²) in [4.78, 5) is 45.0. The van der Waals surface area contributed by atoms with E-state index in [0.717, 1.165) is 11.9 Å². The van der Waals surface area contributed by atoms with Crippen LogP contribution in [0.25, 0.3) is 11.3 Å². The predicted molar refractivity (Wildman–Crippen MR) is 166 cm³/mol. The fraction of sp³-hybridized carbons (Fsp3) is 0.235. The van der Waals surface area contributed by atoms with Crippen LogP contribution in [0.3, 0.4) is 0 Å². The molecule has 2 heterocycles. The molecular weight excluding hydrogens is 564 g/mol. The van der Waals surface area contributed by atoms with Crippen LogP contribution in [0.15, 0.2) is 91.3 Å². The second-order valence-corrected chi connectivity index (χ2v) is 10.4. The summed E-state index contributed by atoms with van der Waals surface area (Å²) >= 11 is 0. The number of para-hydroxylation sites is 2. The highest BCUT2D eigenvalue weighted by Crippen LogP contribution is 2.43. The van der Waals surface area contributed by atoms with Gasteiger partial charge in [-0.3, -0.25) is 14.4 Å². The Morgan fingerprint density at radius 2 is 1.66 bits per heavy atom. The molecule has 0 radical (unpaired) electrons. The largest absolute Gasteiger partial charge is 0.353 e. The van der Waals surface area contributed by atoms with Gasteiger partial charge >= 0.3 is 0 Å². The summed E-state index contributed by atoms with van der Waals surface area (Å²) in [6.45, 7) is 3.98. The normalized spacial score (nSPS) is 14.9. The van der Waals surface area contributed by atoms with E-state index >= 15 is 8.78 Å². The predicted octanol–water partition coefficient (Wildman–Crippen LogP) is 6.28. The molecule has 0 aliphatic carbocycles. The van der Waals surface area contributed by atoms with E-state index in [2.05, 4.69) is 15.6 Å². The lowest BCUT2D eigenvalue weighted by atomic mass is 9.97. The third-order valence-electron chi connectivity index (χ3n) is 7.43. The molecule has 0 saturated heterocycles. The molecule has 8 nitrogen and oxygen atoms in total. The van der Waals surface area contributed by atoms with Crippen LogP contribution in [-0.2, 0) is 11.2 Å². The molecule has 10 heteroatoms. The average Bonchev–Trinajstić information content (AvgIpc) is 3.48. The smallest absolute Gasteiger partial charge is 0.275 e. The van der Waals surface area contributed by atoms with Gasteiger partial charge < -0.3 is 20.1 Å². The number of carbonyl (C=O) groups excluding carboxylic acids is 3. The highest BCUT2D eigenvalue weighted by atomic mass is 19.3. The van der Waals surface area contributed by atoms with Gasteiger partial charge in [-0.25, -0.2) is 13.8 Å². The van der Waals surface area contributed by atoms with Crippen molar-refractivity contribution in [2.45, 2.75) is 39.0 Å². The lowest BCUT2D eigenvalue weighted by Crippen LogP contribution is -2.33. The molecular formula is C34H33F2N5O3. The van der Waals surface area contributed by atoms with Crippen LogP contribution in [0.4, 0.5) is 20.2 Å². The molecule has 5 rings (SSSR count). The van der Waals surface area contributed by atoms with E-state index in [0.29, 0.717) is 42.0 Å². The van der Waals surface area contributed by atoms with E-state index in [4.69, 9.17) is 0 Å². The highest BCUT2D eigenvalue weighted by Gasteiger charge is 2.41. The van der Waals surface area contributed by atoms with Crippen LogP contribution in [0.5, 0.6) is 0 Å². The Balaban J connectivity index is 1.38. The number of aryl methyl sites for hydroxylation is 1. The Kier molecular flexibility index (Phi) is 8.99. The van der Waals surface area contributed by atoms with Gasteiger partial charge in [0.1, 0.15) is 5.82 Å². The quantitative estimate of drug-likeness (QED) is 0.234. The van der Waals surface area contributed by atoms with Gasteiger partial charge in [0.05, 0.1) is 16.9 Å². The van der Waals surface area contributed by atoms with E-state index in [1.165, 1.54) is 11.0 Å². The molecule has 0 fully saturated rings. The molecule has 0 saturated carbocycles. The first kappa shape index (κ1) is 30.3. The van der Waals surface area contributed by atoms with Gasteiger partial charge in [-0.15, -0.1) is 0 Å². The summed E-state index contributed by atoms with van der Waals surface area (Å²) in [5.74, 6) is -3.91. The Bertz CT molecular complexity index is 1710. The SMILES string of the molecule is CCCNC(=O)/C=C1/c2ccccc2N(C(=O)c2ccc(NC(=O)c3ccccc3-n3ccnc3CC)cc2)CCC1(F)F. The number of nitrogens with one attached hydrogen (secondary N) is 2. The van der Waals surface area contributed by atoms with Crippen molar-refractivity contribution in [3.8, 4) is 5.69 Å². The van der Waals surface area contributed by atoms with E-state index in [9.17, 15) is 14.4 Å². The molecule has 0 bridgehead atoms. The number of aromatic nitrogens is 2.